The molecule has 0 unspecified atom stereocenters. The van der Waals surface area contributed by atoms with Crippen LogP contribution in [0.3, 0.4) is 0 Å². The summed E-state index contributed by atoms with van der Waals surface area (Å²) >= 11 is 6.53. The fourth-order valence-corrected chi connectivity index (χ4v) is 4.27. The van der Waals surface area contributed by atoms with Crippen molar-refractivity contribution in [2.24, 2.45) is 0 Å². The summed E-state index contributed by atoms with van der Waals surface area (Å²) in [6, 6.07) is 12.2. The molecule has 2 heterocycles. The van der Waals surface area contributed by atoms with Crippen LogP contribution in [0.15, 0.2) is 42.5 Å². The first-order valence-electron chi connectivity index (χ1n) is 11.4. The number of aldehydes is 1. The maximum Gasteiger partial charge on any atom is 0.409 e. The average Bonchev–Trinajstić information content (AvgIpc) is 2.90. The highest BCUT2D eigenvalue weighted by atomic mass is 35.5. The van der Waals surface area contributed by atoms with E-state index in [1.807, 2.05) is 6.92 Å². The Balaban J connectivity index is 1.56. The third-order valence-corrected chi connectivity index (χ3v) is 6.23. The first-order chi connectivity index (χ1) is 16.9. The molecule has 35 heavy (non-hydrogen) atoms. The zero-order valence-corrected chi connectivity index (χ0v) is 20.4. The van der Waals surface area contributed by atoms with Crippen LogP contribution in [-0.2, 0) is 4.74 Å². The van der Waals surface area contributed by atoms with Crippen molar-refractivity contribution in [3.05, 3.63) is 58.6 Å². The summed E-state index contributed by atoms with van der Waals surface area (Å²) in [5.41, 5.74) is 2.76. The van der Waals surface area contributed by atoms with Gasteiger partial charge in [-0.15, -0.1) is 0 Å². The van der Waals surface area contributed by atoms with Crippen molar-refractivity contribution < 1.29 is 23.9 Å². The van der Waals surface area contributed by atoms with Crippen LogP contribution in [0.1, 0.15) is 34.1 Å². The minimum atomic E-state index is -0.340. The van der Waals surface area contributed by atoms with Gasteiger partial charge in [0.25, 0.3) is 5.91 Å². The van der Waals surface area contributed by atoms with Gasteiger partial charge in [0.2, 0.25) is 0 Å². The van der Waals surface area contributed by atoms with Gasteiger partial charge in [-0.25, -0.2) is 9.78 Å². The Labute approximate surface area is 208 Å². The molecule has 0 spiro atoms. The summed E-state index contributed by atoms with van der Waals surface area (Å²) in [4.78, 5) is 44.7. The Hall–Kier alpha value is -3.65. The van der Waals surface area contributed by atoms with Crippen molar-refractivity contribution in [3.63, 3.8) is 0 Å². The SMILES string of the molecule is CCCOC(=O)N1CCN(C(=O)c2ccc3c(Cl)cc(-c4ccc(OC)c(C=O)c4)nc3c2)CC1. The second kappa shape index (κ2) is 10.7. The molecule has 0 saturated carbocycles. The third-order valence-electron chi connectivity index (χ3n) is 5.91. The van der Waals surface area contributed by atoms with E-state index in [0.717, 1.165) is 18.1 Å². The van der Waals surface area contributed by atoms with E-state index in [-0.39, 0.29) is 12.0 Å². The standard InChI is InChI=1S/C26H26ClN3O5/c1-3-12-35-26(33)30-10-8-29(9-11-30)25(32)18-4-6-20-21(27)15-22(28-23(20)14-18)17-5-7-24(34-2)19(13-17)16-31/h4-7,13-16H,3,8-12H2,1-2H3. The molecule has 4 rings (SSSR count). The quantitative estimate of drug-likeness (QED) is 0.461. The Morgan fingerprint density at radius 2 is 1.80 bits per heavy atom. The van der Waals surface area contributed by atoms with Crippen LogP contribution in [0.25, 0.3) is 22.2 Å². The number of hydrogen-bond acceptors (Lipinski definition) is 6. The molecule has 0 bridgehead atoms. The molecule has 8 nitrogen and oxygen atoms in total. The lowest BCUT2D eigenvalue weighted by Gasteiger charge is -2.34. The van der Waals surface area contributed by atoms with E-state index in [0.29, 0.717) is 71.5 Å². The lowest BCUT2D eigenvalue weighted by atomic mass is 10.0. The van der Waals surface area contributed by atoms with Crippen LogP contribution in [0.4, 0.5) is 4.79 Å². The number of ether oxygens (including phenoxy) is 2. The summed E-state index contributed by atoms with van der Waals surface area (Å²) in [6.45, 7) is 4.02. The molecule has 1 fully saturated rings. The number of halogens is 1. The number of carbonyl (C=O) groups excluding carboxylic acids is 3. The van der Waals surface area contributed by atoms with Gasteiger partial charge in [-0.2, -0.15) is 0 Å². The third kappa shape index (κ3) is 5.22. The van der Waals surface area contributed by atoms with Gasteiger partial charge < -0.3 is 19.3 Å². The van der Waals surface area contributed by atoms with E-state index in [1.165, 1.54) is 7.11 Å². The molecule has 9 heteroatoms. The number of nitrogens with zero attached hydrogens (tertiary/aromatic N) is 3. The fraction of sp³-hybridized carbons (Fsp3) is 0.308. The topological polar surface area (TPSA) is 89.0 Å². The number of pyridine rings is 1. The highest BCUT2D eigenvalue weighted by Gasteiger charge is 2.26. The Bertz CT molecular complexity index is 1270. The number of hydrogen-bond donors (Lipinski definition) is 0. The molecular weight excluding hydrogens is 470 g/mol. The molecule has 0 N–H and O–H groups in total. The number of fused-ring (bicyclic) bond motifs is 1. The summed E-state index contributed by atoms with van der Waals surface area (Å²) in [6.07, 6.45) is 1.15. The van der Waals surface area contributed by atoms with Crippen molar-refractivity contribution in [2.75, 3.05) is 39.9 Å². The molecule has 1 aromatic heterocycles. The summed E-state index contributed by atoms with van der Waals surface area (Å²) in [5, 5.41) is 1.21. The van der Waals surface area contributed by atoms with Gasteiger partial charge in [0.1, 0.15) is 5.75 Å². The minimum absolute atomic E-state index is 0.135. The number of amides is 2. The molecule has 0 atom stereocenters. The van der Waals surface area contributed by atoms with Gasteiger partial charge in [-0.1, -0.05) is 24.6 Å². The van der Waals surface area contributed by atoms with Crippen LogP contribution >= 0.6 is 11.6 Å². The lowest BCUT2D eigenvalue weighted by Crippen LogP contribution is -2.50. The zero-order chi connectivity index (χ0) is 24.9. The molecule has 3 aromatic rings. The number of aromatic nitrogens is 1. The van der Waals surface area contributed by atoms with Crippen LogP contribution < -0.4 is 4.74 Å². The molecule has 2 amide bonds. The second-order valence-electron chi connectivity index (χ2n) is 8.19. The summed E-state index contributed by atoms with van der Waals surface area (Å²) in [7, 11) is 1.50. The van der Waals surface area contributed by atoms with E-state index in [2.05, 4.69) is 0 Å². The summed E-state index contributed by atoms with van der Waals surface area (Å²) in [5.74, 6) is 0.340. The molecule has 0 radical (unpaired) electrons. The number of piperazine rings is 1. The predicted molar refractivity (Wildman–Crippen MR) is 133 cm³/mol. The van der Waals surface area contributed by atoms with Crippen LogP contribution in [0.2, 0.25) is 5.02 Å². The van der Waals surface area contributed by atoms with Crippen molar-refractivity contribution >= 4 is 40.8 Å². The number of methoxy groups -OCH3 is 1. The first-order valence-corrected chi connectivity index (χ1v) is 11.8. The lowest BCUT2D eigenvalue weighted by molar-refractivity contribution is 0.0560. The smallest absolute Gasteiger partial charge is 0.409 e. The van der Waals surface area contributed by atoms with Crippen molar-refractivity contribution in [1.82, 2.24) is 14.8 Å². The zero-order valence-electron chi connectivity index (χ0n) is 19.6. The molecule has 0 aliphatic carbocycles. The largest absolute Gasteiger partial charge is 0.496 e. The van der Waals surface area contributed by atoms with Gasteiger partial charge in [0, 0.05) is 42.7 Å². The maximum absolute atomic E-state index is 13.2. The molecule has 1 aliphatic rings. The normalized spacial score (nSPS) is 13.6. The van der Waals surface area contributed by atoms with Gasteiger partial charge in [-0.3, -0.25) is 9.59 Å². The second-order valence-corrected chi connectivity index (χ2v) is 8.60. The number of carbonyl (C=O) groups is 3. The first kappa shape index (κ1) is 24.5. The molecule has 2 aromatic carbocycles. The van der Waals surface area contributed by atoms with E-state index in [1.54, 1.807) is 52.3 Å². The van der Waals surface area contributed by atoms with Crippen molar-refractivity contribution in [3.8, 4) is 17.0 Å². The van der Waals surface area contributed by atoms with E-state index in [4.69, 9.17) is 26.1 Å². The van der Waals surface area contributed by atoms with Gasteiger partial charge in [0.05, 0.1) is 35.5 Å². The highest BCUT2D eigenvalue weighted by molar-refractivity contribution is 6.35. The van der Waals surface area contributed by atoms with E-state index >= 15 is 0 Å². The average molecular weight is 496 g/mol. The highest BCUT2D eigenvalue weighted by Crippen LogP contribution is 2.31. The Morgan fingerprint density at radius 1 is 1.06 bits per heavy atom. The van der Waals surface area contributed by atoms with Crippen molar-refractivity contribution in [2.45, 2.75) is 13.3 Å². The predicted octanol–water partition coefficient (Wildman–Crippen LogP) is 4.68. The number of rotatable bonds is 6. The van der Waals surface area contributed by atoms with E-state index in [9.17, 15) is 14.4 Å². The molecule has 1 saturated heterocycles. The molecule has 182 valence electrons. The van der Waals surface area contributed by atoms with Crippen LogP contribution in [0.5, 0.6) is 5.75 Å². The summed E-state index contributed by atoms with van der Waals surface area (Å²) < 4.78 is 10.4. The van der Waals surface area contributed by atoms with Crippen LogP contribution in [-0.4, -0.2) is 73.0 Å². The van der Waals surface area contributed by atoms with E-state index < -0.39 is 0 Å². The monoisotopic (exact) mass is 495 g/mol. The maximum atomic E-state index is 13.2. The Kier molecular flexibility index (Phi) is 7.51. The molecular formula is C26H26ClN3O5. The van der Waals surface area contributed by atoms with Gasteiger partial charge in [0.15, 0.2) is 6.29 Å². The fourth-order valence-electron chi connectivity index (χ4n) is 4.01. The van der Waals surface area contributed by atoms with Crippen molar-refractivity contribution in [1.29, 1.82) is 0 Å². The molecule has 1 aliphatic heterocycles. The van der Waals surface area contributed by atoms with Gasteiger partial charge >= 0.3 is 6.09 Å². The Morgan fingerprint density at radius 3 is 2.49 bits per heavy atom. The van der Waals surface area contributed by atoms with Gasteiger partial charge in [-0.05, 0) is 42.8 Å². The number of benzene rings is 2. The minimum Gasteiger partial charge on any atom is -0.496 e. The van der Waals surface area contributed by atoms with Crippen LogP contribution in [0, 0.1) is 0 Å².